The highest BCUT2D eigenvalue weighted by molar-refractivity contribution is 8.00. The maximum absolute atomic E-state index is 13.2. The molecule has 0 unspecified atom stereocenters. The molecule has 0 radical (unpaired) electrons. The number of thioether (sulfide) groups is 1. The number of carbonyl (C=O) groups is 2. The largest absolute Gasteiger partial charge is 0.339 e. The molecular formula is C20H19ClF2N2O2S. The molecule has 1 saturated heterocycles. The van der Waals surface area contributed by atoms with Crippen LogP contribution in [-0.4, -0.2) is 53.5 Å². The van der Waals surface area contributed by atoms with Crippen molar-refractivity contribution in [3.8, 4) is 0 Å². The lowest BCUT2D eigenvalue weighted by Gasteiger charge is -2.35. The highest BCUT2D eigenvalue weighted by Crippen LogP contribution is 2.21. The number of benzene rings is 2. The normalized spacial score (nSPS) is 14.2. The topological polar surface area (TPSA) is 40.6 Å². The second kappa shape index (κ2) is 9.39. The fraction of sp³-hybridized carbons (Fsp3) is 0.300. The Bertz CT molecular complexity index is 856. The smallest absolute Gasteiger partial charge is 0.233 e. The van der Waals surface area contributed by atoms with Crippen LogP contribution in [0.1, 0.15) is 5.56 Å². The second-order valence-corrected chi connectivity index (χ2v) is 7.91. The van der Waals surface area contributed by atoms with Crippen molar-refractivity contribution in [2.24, 2.45) is 0 Å². The zero-order chi connectivity index (χ0) is 20.1. The van der Waals surface area contributed by atoms with Crippen molar-refractivity contribution in [2.75, 3.05) is 31.9 Å². The average Bonchev–Trinajstić information content (AvgIpc) is 2.70. The van der Waals surface area contributed by atoms with E-state index in [0.717, 1.165) is 17.7 Å². The first kappa shape index (κ1) is 20.6. The van der Waals surface area contributed by atoms with Crippen molar-refractivity contribution < 1.29 is 18.4 Å². The van der Waals surface area contributed by atoms with Gasteiger partial charge in [0, 0.05) is 36.1 Å². The van der Waals surface area contributed by atoms with Gasteiger partial charge in [0.2, 0.25) is 11.8 Å². The van der Waals surface area contributed by atoms with Gasteiger partial charge in [-0.3, -0.25) is 9.59 Å². The zero-order valence-corrected chi connectivity index (χ0v) is 16.6. The third kappa shape index (κ3) is 5.45. The van der Waals surface area contributed by atoms with Gasteiger partial charge in [0.15, 0.2) is 11.6 Å². The quantitative estimate of drug-likeness (QED) is 0.688. The lowest BCUT2D eigenvalue weighted by Crippen LogP contribution is -2.51. The molecule has 0 spiro atoms. The van der Waals surface area contributed by atoms with Crippen LogP contribution in [0.25, 0.3) is 0 Å². The molecule has 0 atom stereocenters. The van der Waals surface area contributed by atoms with Gasteiger partial charge in [-0.15, -0.1) is 11.8 Å². The monoisotopic (exact) mass is 424 g/mol. The summed E-state index contributed by atoms with van der Waals surface area (Å²) in [7, 11) is 0. The summed E-state index contributed by atoms with van der Waals surface area (Å²) in [6.07, 6.45) is 0.303. The van der Waals surface area contributed by atoms with E-state index in [1.807, 2.05) is 12.1 Å². The van der Waals surface area contributed by atoms with Crippen LogP contribution in [-0.2, 0) is 16.0 Å². The third-order valence-electron chi connectivity index (χ3n) is 4.51. The van der Waals surface area contributed by atoms with Crippen LogP contribution in [0.5, 0.6) is 0 Å². The maximum atomic E-state index is 13.2. The van der Waals surface area contributed by atoms with Crippen LogP contribution in [0.15, 0.2) is 47.4 Å². The van der Waals surface area contributed by atoms with Gasteiger partial charge in [-0.25, -0.2) is 8.78 Å². The van der Waals surface area contributed by atoms with Crippen molar-refractivity contribution in [2.45, 2.75) is 11.3 Å². The Morgan fingerprint density at radius 2 is 1.50 bits per heavy atom. The lowest BCUT2D eigenvalue weighted by molar-refractivity contribution is -0.137. The molecule has 3 rings (SSSR count). The molecular weight excluding hydrogens is 406 g/mol. The second-order valence-electron chi connectivity index (χ2n) is 6.43. The molecule has 0 saturated carbocycles. The molecule has 8 heteroatoms. The van der Waals surface area contributed by atoms with Gasteiger partial charge >= 0.3 is 0 Å². The summed E-state index contributed by atoms with van der Waals surface area (Å²) in [6.45, 7) is 1.88. The first-order chi connectivity index (χ1) is 13.4. The van der Waals surface area contributed by atoms with E-state index in [1.165, 1.54) is 17.8 Å². The Hall–Kier alpha value is -2.12. The first-order valence-electron chi connectivity index (χ1n) is 8.80. The van der Waals surface area contributed by atoms with Gasteiger partial charge < -0.3 is 9.80 Å². The minimum absolute atomic E-state index is 0.0191. The molecule has 1 aliphatic heterocycles. The molecule has 0 N–H and O–H groups in total. The SMILES string of the molecule is O=C(CSc1ccc(F)c(F)c1)N1CCN(C(=O)Cc2ccc(Cl)cc2)CC1. The number of amides is 2. The van der Waals surface area contributed by atoms with Crippen molar-refractivity contribution in [1.82, 2.24) is 9.80 Å². The molecule has 1 aliphatic rings. The van der Waals surface area contributed by atoms with E-state index in [0.29, 0.717) is 42.5 Å². The predicted molar refractivity (Wildman–Crippen MR) is 105 cm³/mol. The van der Waals surface area contributed by atoms with E-state index in [-0.39, 0.29) is 17.6 Å². The number of rotatable bonds is 5. The molecule has 0 aliphatic carbocycles. The van der Waals surface area contributed by atoms with Gasteiger partial charge in [0.25, 0.3) is 0 Å². The zero-order valence-electron chi connectivity index (χ0n) is 15.0. The van der Waals surface area contributed by atoms with E-state index < -0.39 is 11.6 Å². The molecule has 2 aromatic carbocycles. The first-order valence-corrected chi connectivity index (χ1v) is 10.2. The molecule has 1 heterocycles. The lowest BCUT2D eigenvalue weighted by atomic mass is 10.1. The maximum Gasteiger partial charge on any atom is 0.233 e. The molecule has 148 valence electrons. The summed E-state index contributed by atoms with van der Waals surface area (Å²) in [6, 6.07) is 10.7. The summed E-state index contributed by atoms with van der Waals surface area (Å²) in [4.78, 5) is 28.7. The van der Waals surface area contributed by atoms with E-state index in [9.17, 15) is 18.4 Å². The minimum atomic E-state index is -0.926. The Labute approximate surface area is 171 Å². The van der Waals surface area contributed by atoms with Gasteiger partial charge in [-0.1, -0.05) is 23.7 Å². The standard InChI is InChI=1S/C20H19ClF2N2O2S/c21-15-3-1-14(2-4-15)11-19(26)24-7-9-25(10-8-24)20(27)13-28-16-5-6-17(22)18(23)12-16/h1-6,12H,7-11,13H2. The van der Waals surface area contributed by atoms with Crippen LogP contribution in [0, 0.1) is 11.6 Å². The Morgan fingerprint density at radius 1 is 0.893 bits per heavy atom. The van der Waals surface area contributed by atoms with E-state index in [1.54, 1.807) is 21.9 Å². The van der Waals surface area contributed by atoms with E-state index >= 15 is 0 Å². The number of piperazine rings is 1. The van der Waals surface area contributed by atoms with Crippen LogP contribution >= 0.6 is 23.4 Å². The third-order valence-corrected chi connectivity index (χ3v) is 5.74. The van der Waals surface area contributed by atoms with Gasteiger partial charge in [-0.2, -0.15) is 0 Å². The number of hydrogen-bond acceptors (Lipinski definition) is 3. The molecule has 2 amide bonds. The Balaban J connectivity index is 1.44. The van der Waals surface area contributed by atoms with Crippen LogP contribution in [0.2, 0.25) is 5.02 Å². The van der Waals surface area contributed by atoms with Crippen LogP contribution in [0.4, 0.5) is 8.78 Å². The minimum Gasteiger partial charge on any atom is -0.339 e. The number of nitrogens with zero attached hydrogens (tertiary/aromatic N) is 2. The fourth-order valence-electron chi connectivity index (χ4n) is 2.90. The summed E-state index contributed by atoms with van der Waals surface area (Å²) >= 11 is 7.02. The summed E-state index contributed by atoms with van der Waals surface area (Å²) in [5.41, 5.74) is 0.899. The predicted octanol–water partition coefficient (Wildman–Crippen LogP) is 3.62. The van der Waals surface area contributed by atoms with Crippen molar-refractivity contribution in [3.63, 3.8) is 0 Å². The molecule has 28 heavy (non-hydrogen) atoms. The fourth-order valence-corrected chi connectivity index (χ4v) is 3.85. The molecule has 2 aromatic rings. The van der Waals surface area contributed by atoms with E-state index in [2.05, 4.69) is 0 Å². The average molecular weight is 425 g/mol. The van der Waals surface area contributed by atoms with Crippen LogP contribution < -0.4 is 0 Å². The van der Waals surface area contributed by atoms with Gasteiger partial charge in [0.1, 0.15) is 0 Å². The van der Waals surface area contributed by atoms with Crippen molar-refractivity contribution in [3.05, 3.63) is 64.7 Å². The molecule has 0 bridgehead atoms. The molecule has 1 fully saturated rings. The summed E-state index contributed by atoms with van der Waals surface area (Å²) < 4.78 is 26.2. The van der Waals surface area contributed by atoms with Crippen LogP contribution in [0.3, 0.4) is 0 Å². The number of halogens is 3. The van der Waals surface area contributed by atoms with Crippen molar-refractivity contribution in [1.29, 1.82) is 0 Å². The Kier molecular flexibility index (Phi) is 6.91. The summed E-state index contributed by atoms with van der Waals surface area (Å²) in [5, 5.41) is 0.629. The van der Waals surface area contributed by atoms with Crippen molar-refractivity contribution >= 4 is 35.2 Å². The number of carbonyl (C=O) groups excluding carboxylic acids is 2. The van der Waals surface area contributed by atoms with Gasteiger partial charge in [0.05, 0.1) is 12.2 Å². The molecule has 0 aromatic heterocycles. The molecule has 4 nitrogen and oxygen atoms in total. The van der Waals surface area contributed by atoms with E-state index in [4.69, 9.17) is 11.6 Å². The highest BCUT2D eigenvalue weighted by atomic mass is 35.5. The highest BCUT2D eigenvalue weighted by Gasteiger charge is 2.24. The summed E-state index contributed by atoms with van der Waals surface area (Å²) in [5.74, 6) is -1.76. The number of hydrogen-bond donors (Lipinski definition) is 0. The Morgan fingerprint density at radius 3 is 2.11 bits per heavy atom. The van der Waals surface area contributed by atoms with Gasteiger partial charge in [-0.05, 0) is 35.9 Å².